The van der Waals surface area contributed by atoms with Crippen molar-refractivity contribution in [2.45, 2.75) is 65.8 Å². The second-order valence-electron chi connectivity index (χ2n) is 6.19. The van der Waals surface area contributed by atoms with Crippen LogP contribution >= 0.6 is 0 Å². The molecule has 3 N–H and O–H groups in total. The molecule has 5 nitrogen and oxygen atoms in total. The summed E-state index contributed by atoms with van der Waals surface area (Å²) in [5.41, 5.74) is 5.44. The molecule has 0 aliphatic carbocycles. The molecule has 0 aromatic heterocycles. The van der Waals surface area contributed by atoms with Gasteiger partial charge >= 0.3 is 0 Å². The molecule has 0 aromatic rings. The van der Waals surface area contributed by atoms with Gasteiger partial charge in [0, 0.05) is 12.3 Å². The first-order chi connectivity index (χ1) is 9.77. The molecular formula is C16H30N2O3. The number of hydrogen-bond acceptors (Lipinski definition) is 4. The molecule has 0 rings (SSSR count). The summed E-state index contributed by atoms with van der Waals surface area (Å²) in [7, 11) is 0. The molecule has 0 aliphatic rings. The van der Waals surface area contributed by atoms with Crippen LogP contribution in [0.4, 0.5) is 0 Å². The predicted molar refractivity (Wildman–Crippen MR) is 83.8 cm³/mol. The largest absolute Gasteiger partial charge is 0.346 e. The molecule has 2 atom stereocenters. The number of carbonyl (C=O) groups is 3. The zero-order valence-electron chi connectivity index (χ0n) is 13.8. The maximum Gasteiger partial charge on any atom is 0.224 e. The molecule has 0 radical (unpaired) electrons. The number of nitrogens with two attached hydrogens (primary N) is 1. The van der Waals surface area contributed by atoms with Gasteiger partial charge in [-0.2, -0.15) is 0 Å². The van der Waals surface area contributed by atoms with E-state index in [0.717, 1.165) is 12.8 Å². The maximum atomic E-state index is 12.3. The molecule has 0 aromatic carbocycles. The number of hydrogen-bond donors (Lipinski definition) is 2. The van der Waals surface area contributed by atoms with Crippen LogP contribution in [0, 0.1) is 11.8 Å². The zero-order valence-corrected chi connectivity index (χ0v) is 13.8. The summed E-state index contributed by atoms with van der Waals surface area (Å²) in [5, 5.41) is 2.80. The molecule has 0 fully saturated rings. The fourth-order valence-corrected chi connectivity index (χ4v) is 2.36. The topological polar surface area (TPSA) is 89.3 Å². The minimum Gasteiger partial charge on any atom is -0.346 e. The number of amides is 1. The lowest BCUT2D eigenvalue weighted by Crippen LogP contribution is -2.43. The van der Waals surface area contributed by atoms with Gasteiger partial charge in [-0.1, -0.05) is 13.8 Å². The van der Waals surface area contributed by atoms with Crippen molar-refractivity contribution in [1.29, 1.82) is 0 Å². The molecule has 0 heterocycles. The minimum atomic E-state index is -0.467. The van der Waals surface area contributed by atoms with E-state index >= 15 is 0 Å². The molecule has 0 spiro atoms. The van der Waals surface area contributed by atoms with Crippen molar-refractivity contribution in [2.24, 2.45) is 17.6 Å². The Kier molecular flexibility index (Phi) is 9.88. The first kappa shape index (κ1) is 19.8. The van der Waals surface area contributed by atoms with Crippen molar-refractivity contribution in [3.8, 4) is 0 Å². The van der Waals surface area contributed by atoms with Crippen LogP contribution in [0.2, 0.25) is 0 Å². The highest BCUT2D eigenvalue weighted by Crippen LogP contribution is 2.17. The Hall–Kier alpha value is -1.23. The molecule has 0 bridgehead atoms. The molecule has 0 saturated heterocycles. The summed E-state index contributed by atoms with van der Waals surface area (Å²) >= 11 is 0. The minimum absolute atomic E-state index is 0.00157. The van der Waals surface area contributed by atoms with E-state index in [1.54, 1.807) is 0 Å². The lowest BCUT2D eigenvalue weighted by Gasteiger charge is -2.22. The molecule has 0 aliphatic heterocycles. The maximum absolute atomic E-state index is 12.3. The van der Waals surface area contributed by atoms with Gasteiger partial charge in [-0.05, 0) is 52.0 Å². The van der Waals surface area contributed by atoms with E-state index in [-0.39, 0.29) is 29.8 Å². The van der Waals surface area contributed by atoms with Crippen LogP contribution in [0.3, 0.4) is 0 Å². The third-order valence-electron chi connectivity index (χ3n) is 3.41. The van der Waals surface area contributed by atoms with Crippen LogP contribution in [-0.2, 0) is 14.4 Å². The number of carbonyl (C=O) groups excluding carboxylic acids is 3. The first-order valence-electron chi connectivity index (χ1n) is 7.78. The monoisotopic (exact) mass is 298 g/mol. The van der Waals surface area contributed by atoms with Crippen molar-refractivity contribution in [3.05, 3.63) is 0 Å². The van der Waals surface area contributed by atoms with E-state index in [0.29, 0.717) is 25.3 Å². The molecular weight excluding hydrogens is 268 g/mol. The van der Waals surface area contributed by atoms with Crippen molar-refractivity contribution in [2.75, 3.05) is 6.54 Å². The molecule has 0 unspecified atom stereocenters. The lowest BCUT2D eigenvalue weighted by atomic mass is 9.91. The number of ketones is 2. The number of Topliss-reactive ketones (excluding diaryl/α,β-unsaturated/α-hetero) is 2. The summed E-state index contributed by atoms with van der Waals surface area (Å²) < 4.78 is 0. The second-order valence-corrected chi connectivity index (χ2v) is 6.19. The Morgan fingerprint density at radius 3 is 2.14 bits per heavy atom. The van der Waals surface area contributed by atoms with E-state index in [1.165, 1.54) is 13.8 Å². The molecule has 5 heteroatoms. The Bertz CT molecular complexity index is 353. The van der Waals surface area contributed by atoms with Crippen molar-refractivity contribution < 1.29 is 14.4 Å². The Balaban J connectivity index is 4.65. The highest BCUT2D eigenvalue weighted by molar-refractivity contribution is 5.90. The Labute approximate surface area is 128 Å². The fourth-order valence-electron chi connectivity index (χ4n) is 2.36. The molecule has 1 amide bonds. The summed E-state index contributed by atoms with van der Waals surface area (Å²) in [5.74, 6) is -0.261. The zero-order chi connectivity index (χ0) is 16.4. The average molecular weight is 298 g/mol. The summed E-state index contributed by atoms with van der Waals surface area (Å²) in [6, 6.07) is -0.467. The third kappa shape index (κ3) is 9.34. The predicted octanol–water partition coefficient (Wildman–Crippen LogP) is 1.83. The molecule has 21 heavy (non-hydrogen) atoms. The Morgan fingerprint density at radius 2 is 1.71 bits per heavy atom. The standard InChI is InChI=1S/C16H30N2O3/c1-11(2)9-14(10-12(3)19)16(21)18-15(13(4)20)7-5-6-8-17/h11,14-15H,5-10,17H2,1-4H3,(H,18,21)/t14-,15+/m1/s1. The van der Waals surface area contributed by atoms with Crippen molar-refractivity contribution >= 4 is 17.5 Å². The van der Waals surface area contributed by atoms with E-state index in [1.807, 2.05) is 13.8 Å². The van der Waals surface area contributed by atoms with Crippen LogP contribution < -0.4 is 11.1 Å². The first-order valence-corrected chi connectivity index (χ1v) is 7.78. The number of nitrogens with one attached hydrogen (secondary N) is 1. The SMILES string of the molecule is CC(=O)C[C@@H](CC(C)C)C(=O)N[C@@H](CCCCN)C(C)=O. The van der Waals surface area contributed by atoms with Gasteiger partial charge in [-0.15, -0.1) is 0 Å². The Morgan fingerprint density at radius 1 is 1.10 bits per heavy atom. The van der Waals surface area contributed by atoms with Gasteiger partial charge in [-0.3, -0.25) is 9.59 Å². The second kappa shape index (κ2) is 10.5. The van der Waals surface area contributed by atoms with Crippen LogP contribution in [0.15, 0.2) is 0 Å². The summed E-state index contributed by atoms with van der Waals surface area (Å²) in [4.78, 5) is 35.3. The average Bonchev–Trinajstić information content (AvgIpc) is 2.35. The summed E-state index contributed by atoms with van der Waals surface area (Å²) in [6.07, 6.45) is 3.13. The van der Waals surface area contributed by atoms with Gasteiger partial charge in [0.25, 0.3) is 0 Å². The molecule has 122 valence electrons. The van der Waals surface area contributed by atoms with Crippen LogP contribution in [0.1, 0.15) is 59.8 Å². The highest BCUT2D eigenvalue weighted by Gasteiger charge is 2.25. The van der Waals surface area contributed by atoms with E-state index < -0.39 is 6.04 Å². The van der Waals surface area contributed by atoms with Crippen LogP contribution in [-0.4, -0.2) is 30.1 Å². The quantitative estimate of drug-likeness (QED) is 0.569. The fraction of sp³-hybridized carbons (Fsp3) is 0.812. The van der Waals surface area contributed by atoms with Gasteiger partial charge in [0.05, 0.1) is 6.04 Å². The normalized spacial score (nSPS) is 13.8. The highest BCUT2D eigenvalue weighted by atomic mass is 16.2. The van der Waals surface area contributed by atoms with Crippen molar-refractivity contribution in [3.63, 3.8) is 0 Å². The number of rotatable bonds is 11. The van der Waals surface area contributed by atoms with Gasteiger partial charge < -0.3 is 15.8 Å². The van der Waals surface area contributed by atoms with E-state index in [2.05, 4.69) is 5.32 Å². The van der Waals surface area contributed by atoms with Gasteiger partial charge in [0.15, 0.2) is 5.78 Å². The van der Waals surface area contributed by atoms with E-state index in [4.69, 9.17) is 5.73 Å². The smallest absolute Gasteiger partial charge is 0.224 e. The van der Waals surface area contributed by atoms with Gasteiger partial charge in [0.2, 0.25) is 5.91 Å². The summed E-state index contributed by atoms with van der Waals surface area (Å²) in [6.45, 7) is 7.59. The van der Waals surface area contributed by atoms with Gasteiger partial charge in [-0.25, -0.2) is 0 Å². The van der Waals surface area contributed by atoms with Crippen molar-refractivity contribution in [1.82, 2.24) is 5.32 Å². The van der Waals surface area contributed by atoms with E-state index in [9.17, 15) is 14.4 Å². The van der Waals surface area contributed by atoms with Gasteiger partial charge in [0.1, 0.15) is 5.78 Å². The lowest BCUT2D eigenvalue weighted by molar-refractivity contribution is -0.132. The third-order valence-corrected chi connectivity index (χ3v) is 3.41. The number of unbranched alkanes of at least 4 members (excludes halogenated alkanes) is 1. The van der Waals surface area contributed by atoms with Crippen LogP contribution in [0.5, 0.6) is 0 Å². The van der Waals surface area contributed by atoms with Crippen LogP contribution in [0.25, 0.3) is 0 Å². The molecule has 0 saturated carbocycles.